The Hall–Kier alpha value is -2.45. The van der Waals surface area contributed by atoms with Crippen molar-refractivity contribution in [2.24, 2.45) is 0 Å². The molecule has 9 heteroatoms. The van der Waals surface area contributed by atoms with Crippen molar-refractivity contribution in [2.45, 2.75) is 62.7 Å². The maximum Gasteiger partial charge on any atom is 0.245 e. The van der Waals surface area contributed by atoms with Crippen LogP contribution in [0.2, 0.25) is 10.0 Å². The summed E-state index contributed by atoms with van der Waals surface area (Å²) in [5, 5.41) is 17.8. The number of benzene rings is 1. The van der Waals surface area contributed by atoms with Gasteiger partial charge in [0.05, 0.1) is 11.6 Å². The van der Waals surface area contributed by atoms with E-state index in [2.05, 4.69) is 47.5 Å². The van der Waals surface area contributed by atoms with Gasteiger partial charge in [-0.1, -0.05) is 55.4 Å². The Morgan fingerprint density at radius 2 is 1.83 bits per heavy atom. The number of nitrogens with one attached hydrogen (secondary N) is 2. The normalized spacial score (nSPS) is 12.0. The van der Waals surface area contributed by atoms with Crippen LogP contribution < -0.4 is 10.6 Å². The molecule has 0 radical (unpaired) electrons. The van der Waals surface area contributed by atoms with E-state index in [-0.39, 0.29) is 18.4 Å². The molecule has 6 nitrogen and oxygen atoms in total. The van der Waals surface area contributed by atoms with Gasteiger partial charge in [0, 0.05) is 51.8 Å². The molecule has 1 unspecified atom stereocenters. The summed E-state index contributed by atoms with van der Waals surface area (Å²) in [5.74, 6) is -0.0963. The van der Waals surface area contributed by atoms with E-state index in [0.717, 1.165) is 32.3 Å². The van der Waals surface area contributed by atoms with E-state index in [1.54, 1.807) is 37.1 Å². The second-order valence-electron chi connectivity index (χ2n) is 8.96. The summed E-state index contributed by atoms with van der Waals surface area (Å²) in [7, 11) is 0. The molecule has 2 aromatic heterocycles. The summed E-state index contributed by atoms with van der Waals surface area (Å²) in [6.07, 6.45) is 3.57. The number of rotatable bonds is 11. The Balaban J connectivity index is 2.04. The first-order valence-electron chi connectivity index (χ1n) is 11.7. The zero-order valence-electron chi connectivity index (χ0n) is 20.9. The fraction of sp³-hybridized carbons (Fsp3) is 0.333. The van der Waals surface area contributed by atoms with Gasteiger partial charge in [-0.05, 0) is 66.8 Å². The highest BCUT2D eigenvalue weighted by atomic mass is 35.5. The number of hydrogen-bond donors (Lipinski definition) is 3. The molecule has 0 saturated carbocycles. The summed E-state index contributed by atoms with van der Waals surface area (Å²) in [4.78, 5) is 17.9. The molecule has 0 saturated heterocycles. The van der Waals surface area contributed by atoms with Gasteiger partial charge >= 0.3 is 0 Å². The zero-order valence-corrected chi connectivity index (χ0v) is 23.3. The Morgan fingerprint density at radius 3 is 2.39 bits per heavy atom. The second kappa shape index (κ2) is 12.7. The lowest BCUT2D eigenvalue weighted by Crippen LogP contribution is -2.45. The van der Waals surface area contributed by atoms with Crippen LogP contribution in [0.25, 0.3) is 0 Å². The number of allylic oxidation sites excluding steroid dienone is 1. The van der Waals surface area contributed by atoms with Gasteiger partial charge in [-0.2, -0.15) is 0 Å². The van der Waals surface area contributed by atoms with E-state index >= 15 is 0 Å². The molecule has 0 aliphatic carbocycles. The number of aromatic nitrogens is 2. The first-order valence-corrected chi connectivity index (χ1v) is 13.2. The van der Waals surface area contributed by atoms with Crippen molar-refractivity contribution < 1.29 is 9.90 Å². The number of halogens is 2. The molecule has 0 spiro atoms. The van der Waals surface area contributed by atoms with E-state index < -0.39 is 6.04 Å². The Labute approximate surface area is 227 Å². The second-order valence-corrected chi connectivity index (χ2v) is 10.9. The van der Waals surface area contributed by atoms with Gasteiger partial charge in [-0.25, -0.2) is 0 Å². The van der Waals surface area contributed by atoms with Gasteiger partial charge in [0.1, 0.15) is 6.04 Å². The first kappa shape index (κ1) is 28.1. The quantitative estimate of drug-likeness (QED) is 0.278. The number of pyridine rings is 1. The zero-order chi connectivity index (χ0) is 26.4. The van der Waals surface area contributed by atoms with E-state index in [1.165, 1.54) is 0 Å². The lowest BCUT2D eigenvalue weighted by molar-refractivity contribution is -0.124. The third kappa shape index (κ3) is 7.07. The number of nitrogens with zero attached hydrogens (tertiary/aromatic N) is 2. The van der Waals surface area contributed by atoms with Crippen LogP contribution in [0.4, 0.5) is 0 Å². The molecule has 1 aromatic carbocycles. The van der Waals surface area contributed by atoms with Crippen molar-refractivity contribution in [2.75, 3.05) is 6.61 Å². The number of hydrogen-bond acceptors (Lipinski definition) is 5. The van der Waals surface area contributed by atoms with Crippen LogP contribution in [-0.4, -0.2) is 33.2 Å². The molecule has 2 heterocycles. The van der Waals surface area contributed by atoms with E-state index in [4.69, 9.17) is 23.2 Å². The topological polar surface area (TPSA) is 79.2 Å². The molecule has 0 aliphatic heterocycles. The number of carbonyl (C=O) groups is 1. The Morgan fingerprint density at radius 1 is 1.19 bits per heavy atom. The molecule has 3 N–H and O–H groups in total. The third-order valence-corrected chi connectivity index (χ3v) is 7.26. The number of aliphatic hydroxyl groups excluding tert-OH is 1. The van der Waals surface area contributed by atoms with Gasteiger partial charge in [0.25, 0.3) is 0 Å². The van der Waals surface area contributed by atoms with Gasteiger partial charge in [-0.15, -0.1) is 0 Å². The smallest absolute Gasteiger partial charge is 0.245 e. The molecule has 3 rings (SSSR count). The number of aliphatic hydroxyl groups is 1. The predicted molar refractivity (Wildman–Crippen MR) is 148 cm³/mol. The van der Waals surface area contributed by atoms with Crippen LogP contribution in [0.15, 0.2) is 64.9 Å². The maximum atomic E-state index is 12.8. The van der Waals surface area contributed by atoms with E-state index in [9.17, 15) is 9.90 Å². The molecule has 1 atom stereocenters. The Kier molecular flexibility index (Phi) is 9.91. The molecule has 3 aromatic rings. The lowest BCUT2D eigenvalue weighted by Gasteiger charge is -2.18. The van der Waals surface area contributed by atoms with Gasteiger partial charge in [0.2, 0.25) is 5.91 Å². The lowest BCUT2D eigenvalue weighted by atomic mass is 10.0. The predicted octanol–water partition coefficient (Wildman–Crippen LogP) is 5.92. The van der Waals surface area contributed by atoms with Crippen molar-refractivity contribution >= 4 is 40.9 Å². The first-order chi connectivity index (χ1) is 17.1. The summed E-state index contributed by atoms with van der Waals surface area (Å²) >= 11 is 14.2. The molecular formula is C27H32Cl2N4O2S. The van der Waals surface area contributed by atoms with Crippen molar-refractivity contribution in [1.82, 2.24) is 20.2 Å². The van der Waals surface area contributed by atoms with E-state index in [1.807, 2.05) is 24.3 Å². The van der Waals surface area contributed by atoms with Crippen LogP contribution in [-0.2, 0) is 17.9 Å². The van der Waals surface area contributed by atoms with E-state index in [0.29, 0.717) is 28.8 Å². The highest BCUT2D eigenvalue weighted by molar-refractivity contribution is 7.99. The van der Waals surface area contributed by atoms with Crippen LogP contribution in [0.3, 0.4) is 0 Å². The van der Waals surface area contributed by atoms with Crippen molar-refractivity contribution in [3.63, 3.8) is 0 Å². The fourth-order valence-corrected chi connectivity index (χ4v) is 6.09. The number of carbonyl (C=O) groups excluding carboxylic acids is 1. The summed E-state index contributed by atoms with van der Waals surface area (Å²) in [5.41, 5.74) is 4.99. The van der Waals surface area contributed by atoms with Gasteiger partial charge < -0.3 is 20.3 Å². The molecule has 192 valence electrons. The average Bonchev–Trinajstić information content (AvgIpc) is 3.06. The molecule has 36 heavy (non-hydrogen) atoms. The van der Waals surface area contributed by atoms with Crippen LogP contribution >= 0.6 is 35.0 Å². The SMILES string of the molecule is C=C(C)NC(CO)C(=O)NCc1c(C(C)C)c(Sc2cc(Cl)cc(Cl)c2)n(Cc2ccncc2)c1C. The van der Waals surface area contributed by atoms with Crippen molar-refractivity contribution in [3.8, 4) is 0 Å². The Bertz CT molecular complexity index is 1210. The molecule has 1 amide bonds. The van der Waals surface area contributed by atoms with Gasteiger partial charge in [-0.3, -0.25) is 9.78 Å². The highest BCUT2D eigenvalue weighted by Crippen LogP contribution is 2.41. The molecule has 0 bridgehead atoms. The minimum atomic E-state index is -0.758. The minimum Gasteiger partial charge on any atom is -0.394 e. The molecule has 0 fully saturated rings. The fourth-order valence-electron chi connectivity index (χ4n) is 4.06. The van der Waals surface area contributed by atoms with Crippen molar-refractivity contribution in [1.29, 1.82) is 0 Å². The highest BCUT2D eigenvalue weighted by Gasteiger charge is 2.25. The van der Waals surface area contributed by atoms with Crippen molar-refractivity contribution in [3.05, 3.63) is 87.4 Å². The third-order valence-electron chi connectivity index (χ3n) is 5.72. The standard InChI is InChI=1S/C27H32Cl2N4O2S/c1-16(2)25-23(13-31-26(35)24(15-34)32-17(3)4)18(5)33(14-19-6-8-30-9-7-19)27(25)36-22-11-20(28)10-21(29)12-22/h6-12,16,24,32,34H,3,13-15H2,1-2,4-5H3,(H,31,35). The van der Waals surface area contributed by atoms with Crippen LogP contribution in [0.1, 0.15) is 49.1 Å². The summed E-state index contributed by atoms with van der Waals surface area (Å²) in [6.45, 7) is 12.5. The molecular weight excluding hydrogens is 515 g/mol. The summed E-state index contributed by atoms with van der Waals surface area (Å²) < 4.78 is 2.27. The van der Waals surface area contributed by atoms with Crippen LogP contribution in [0.5, 0.6) is 0 Å². The number of amides is 1. The van der Waals surface area contributed by atoms with Gasteiger partial charge in [0.15, 0.2) is 0 Å². The average molecular weight is 548 g/mol. The molecule has 0 aliphatic rings. The largest absolute Gasteiger partial charge is 0.394 e. The monoisotopic (exact) mass is 546 g/mol. The van der Waals surface area contributed by atoms with Crippen LogP contribution in [0, 0.1) is 6.92 Å². The minimum absolute atomic E-state index is 0.189. The summed E-state index contributed by atoms with van der Waals surface area (Å²) in [6, 6.07) is 8.75. The maximum absolute atomic E-state index is 12.8.